The second-order valence-corrected chi connectivity index (χ2v) is 9.23. The summed E-state index contributed by atoms with van der Waals surface area (Å²) in [5.74, 6) is 0.444. The van der Waals surface area contributed by atoms with Crippen LogP contribution >= 0.6 is 0 Å². The summed E-state index contributed by atoms with van der Waals surface area (Å²) in [6.07, 6.45) is 6.75. The normalized spacial score (nSPS) is 15.2. The molecule has 1 saturated heterocycles. The Hall–Kier alpha value is -3.43. The number of benzene rings is 2. The highest BCUT2D eigenvalue weighted by molar-refractivity contribution is 7.89. The number of amides is 1. The second kappa shape index (κ2) is 9.37. The minimum absolute atomic E-state index is 0.154. The number of rotatable bonds is 6. The number of piperazine rings is 1. The van der Waals surface area contributed by atoms with Crippen LogP contribution in [0, 0.1) is 0 Å². The number of hydrogen-bond donors (Lipinski definition) is 0. The van der Waals surface area contributed by atoms with Crippen LogP contribution < -0.4 is 4.74 Å². The molecule has 3 aromatic rings. The summed E-state index contributed by atoms with van der Waals surface area (Å²) in [5.41, 5.74) is 1.75. The maximum absolute atomic E-state index is 12.9. The lowest BCUT2D eigenvalue weighted by molar-refractivity contribution is -0.127. The Bertz CT molecular complexity index is 1200. The summed E-state index contributed by atoms with van der Waals surface area (Å²) in [7, 11) is -2.07. The van der Waals surface area contributed by atoms with Crippen molar-refractivity contribution < 1.29 is 17.9 Å². The molecular weight excluding hydrogens is 428 g/mol. The first-order chi connectivity index (χ1) is 15.5. The van der Waals surface area contributed by atoms with E-state index < -0.39 is 10.0 Å². The Morgan fingerprint density at radius 2 is 1.69 bits per heavy atom. The molecular formula is C23H24N4O4S. The van der Waals surface area contributed by atoms with E-state index in [1.165, 1.54) is 29.6 Å². The van der Waals surface area contributed by atoms with Gasteiger partial charge in [-0.25, -0.2) is 13.1 Å². The van der Waals surface area contributed by atoms with E-state index >= 15 is 0 Å². The first kappa shape index (κ1) is 21.8. The number of carbonyl (C=O) groups is 1. The zero-order valence-electron chi connectivity index (χ0n) is 17.7. The molecule has 1 amide bonds. The van der Waals surface area contributed by atoms with E-state index in [9.17, 15) is 13.2 Å². The van der Waals surface area contributed by atoms with Gasteiger partial charge in [-0.3, -0.25) is 4.79 Å². The first-order valence-electron chi connectivity index (χ1n) is 10.2. The molecule has 0 bridgehead atoms. The molecule has 0 spiro atoms. The first-order valence-corrected chi connectivity index (χ1v) is 11.6. The van der Waals surface area contributed by atoms with Crippen molar-refractivity contribution in [2.75, 3.05) is 33.3 Å². The van der Waals surface area contributed by atoms with E-state index in [-0.39, 0.29) is 23.9 Å². The van der Waals surface area contributed by atoms with Gasteiger partial charge in [0, 0.05) is 44.0 Å². The van der Waals surface area contributed by atoms with Crippen LogP contribution in [0.5, 0.6) is 5.75 Å². The van der Waals surface area contributed by atoms with Gasteiger partial charge in [0.1, 0.15) is 5.75 Å². The molecule has 0 atom stereocenters. The number of para-hydroxylation sites is 1. The molecule has 1 fully saturated rings. The summed E-state index contributed by atoms with van der Waals surface area (Å²) in [5, 5.41) is 4.31. The Balaban J connectivity index is 1.35. The Labute approximate surface area is 187 Å². The number of methoxy groups -OCH3 is 1. The third-order valence-electron chi connectivity index (χ3n) is 5.29. The largest absolute Gasteiger partial charge is 0.497 e. The molecule has 0 radical (unpaired) electrons. The fourth-order valence-electron chi connectivity index (χ4n) is 3.46. The van der Waals surface area contributed by atoms with Gasteiger partial charge in [-0.05, 0) is 42.5 Å². The van der Waals surface area contributed by atoms with E-state index in [4.69, 9.17) is 4.74 Å². The predicted octanol–water partition coefficient (Wildman–Crippen LogP) is 2.43. The monoisotopic (exact) mass is 452 g/mol. The van der Waals surface area contributed by atoms with Crippen LogP contribution in [0.2, 0.25) is 0 Å². The molecule has 4 rings (SSSR count). The zero-order valence-corrected chi connectivity index (χ0v) is 18.5. The van der Waals surface area contributed by atoms with Gasteiger partial charge >= 0.3 is 0 Å². The summed E-state index contributed by atoms with van der Waals surface area (Å²) < 4.78 is 33.9. The standard InChI is InChI=1S/C23H24N4O4S/c1-31-21-8-10-22(11-9-21)32(29,30)26-15-13-25(14-16-26)23(28)12-7-19-17-24-27(18-19)20-5-3-2-4-6-20/h2-12,17-18H,13-16H2,1H3/b12-7+. The topological polar surface area (TPSA) is 84.7 Å². The third kappa shape index (κ3) is 4.74. The van der Waals surface area contributed by atoms with Gasteiger partial charge in [0.2, 0.25) is 15.9 Å². The third-order valence-corrected chi connectivity index (χ3v) is 7.20. The number of hydrogen-bond acceptors (Lipinski definition) is 5. The van der Waals surface area contributed by atoms with Crippen molar-refractivity contribution in [3.8, 4) is 11.4 Å². The van der Waals surface area contributed by atoms with Gasteiger partial charge in [0.05, 0.1) is 23.9 Å². The number of ether oxygens (including phenoxy) is 1. The molecule has 0 N–H and O–H groups in total. The second-order valence-electron chi connectivity index (χ2n) is 7.29. The highest BCUT2D eigenvalue weighted by Gasteiger charge is 2.29. The number of carbonyl (C=O) groups excluding carboxylic acids is 1. The molecule has 0 saturated carbocycles. The number of nitrogens with zero attached hydrogens (tertiary/aromatic N) is 4. The summed E-state index contributed by atoms with van der Waals surface area (Å²) in [6, 6.07) is 16.0. The molecule has 9 heteroatoms. The van der Waals surface area contributed by atoms with Crippen molar-refractivity contribution in [2.45, 2.75) is 4.90 Å². The maximum atomic E-state index is 12.9. The van der Waals surface area contributed by atoms with Crippen molar-refractivity contribution in [2.24, 2.45) is 0 Å². The van der Waals surface area contributed by atoms with Gasteiger partial charge in [0.15, 0.2) is 0 Å². The summed E-state index contributed by atoms with van der Waals surface area (Å²) in [4.78, 5) is 14.4. The average Bonchev–Trinajstić information content (AvgIpc) is 3.32. The highest BCUT2D eigenvalue weighted by atomic mass is 32.2. The van der Waals surface area contributed by atoms with Crippen molar-refractivity contribution >= 4 is 22.0 Å². The van der Waals surface area contributed by atoms with Crippen LogP contribution in [0.15, 0.2) is 78.0 Å². The fourth-order valence-corrected chi connectivity index (χ4v) is 4.89. The van der Waals surface area contributed by atoms with Crippen molar-refractivity contribution in [3.05, 3.63) is 78.6 Å². The lowest BCUT2D eigenvalue weighted by Crippen LogP contribution is -2.50. The molecule has 1 aliphatic rings. The zero-order chi connectivity index (χ0) is 22.6. The van der Waals surface area contributed by atoms with Crippen molar-refractivity contribution in [1.82, 2.24) is 19.0 Å². The van der Waals surface area contributed by atoms with Gasteiger partial charge in [-0.1, -0.05) is 18.2 Å². The van der Waals surface area contributed by atoms with Crippen LogP contribution in [-0.4, -0.2) is 66.6 Å². The van der Waals surface area contributed by atoms with E-state index in [1.54, 1.807) is 34.0 Å². The van der Waals surface area contributed by atoms with Gasteiger partial charge < -0.3 is 9.64 Å². The molecule has 32 heavy (non-hydrogen) atoms. The molecule has 166 valence electrons. The minimum Gasteiger partial charge on any atom is -0.497 e. The highest BCUT2D eigenvalue weighted by Crippen LogP contribution is 2.21. The Morgan fingerprint density at radius 1 is 1.00 bits per heavy atom. The molecule has 8 nitrogen and oxygen atoms in total. The van der Waals surface area contributed by atoms with Crippen LogP contribution in [0.4, 0.5) is 0 Å². The summed E-state index contributed by atoms with van der Waals surface area (Å²) in [6.45, 7) is 1.17. The SMILES string of the molecule is COc1ccc(S(=O)(=O)N2CCN(C(=O)/C=C/c3cnn(-c4ccccc4)c3)CC2)cc1. The van der Waals surface area contributed by atoms with E-state index in [0.29, 0.717) is 18.8 Å². The molecule has 0 unspecified atom stereocenters. The molecule has 0 aliphatic carbocycles. The van der Waals surface area contributed by atoms with E-state index in [0.717, 1.165) is 11.3 Å². The predicted molar refractivity (Wildman–Crippen MR) is 121 cm³/mol. The number of sulfonamides is 1. The average molecular weight is 453 g/mol. The quantitative estimate of drug-likeness (QED) is 0.537. The van der Waals surface area contributed by atoms with Crippen LogP contribution in [0.3, 0.4) is 0 Å². The Kier molecular flexibility index (Phi) is 6.38. The van der Waals surface area contributed by atoms with Gasteiger partial charge in [-0.2, -0.15) is 9.40 Å². The molecule has 1 aromatic heterocycles. The van der Waals surface area contributed by atoms with Crippen molar-refractivity contribution in [1.29, 1.82) is 0 Å². The Morgan fingerprint density at radius 3 is 2.34 bits per heavy atom. The lowest BCUT2D eigenvalue weighted by atomic mass is 10.3. The minimum atomic E-state index is -3.60. The molecule has 1 aliphatic heterocycles. The van der Waals surface area contributed by atoms with Crippen LogP contribution in [0.25, 0.3) is 11.8 Å². The van der Waals surface area contributed by atoms with Crippen LogP contribution in [-0.2, 0) is 14.8 Å². The smallest absolute Gasteiger partial charge is 0.246 e. The van der Waals surface area contributed by atoms with Crippen molar-refractivity contribution in [3.63, 3.8) is 0 Å². The van der Waals surface area contributed by atoms with Crippen LogP contribution in [0.1, 0.15) is 5.56 Å². The fraction of sp³-hybridized carbons (Fsp3) is 0.217. The summed E-state index contributed by atoms with van der Waals surface area (Å²) >= 11 is 0. The molecule has 2 aromatic carbocycles. The lowest BCUT2D eigenvalue weighted by Gasteiger charge is -2.33. The van der Waals surface area contributed by atoms with Gasteiger partial charge in [0.25, 0.3) is 0 Å². The van der Waals surface area contributed by atoms with E-state index in [2.05, 4.69) is 5.10 Å². The van der Waals surface area contributed by atoms with E-state index in [1.807, 2.05) is 36.5 Å². The number of aromatic nitrogens is 2. The maximum Gasteiger partial charge on any atom is 0.246 e. The molecule has 2 heterocycles. The van der Waals surface area contributed by atoms with Gasteiger partial charge in [-0.15, -0.1) is 0 Å².